The summed E-state index contributed by atoms with van der Waals surface area (Å²) in [5, 5.41) is 6.24. The molecule has 2 atom stereocenters. The average molecular weight is 563 g/mol. The number of amides is 1. The van der Waals surface area contributed by atoms with Crippen LogP contribution in [0.4, 0.5) is 38.1 Å². The molecular weight excluding hydrogens is 531 g/mol. The number of carbonyl (C=O) groups is 1. The number of benzene rings is 1. The second kappa shape index (κ2) is 10.1. The summed E-state index contributed by atoms with van der Waals surface area (Å²) in [7, 11) is 0. The normalized spacial score (nSPS) is 18.6. The molecule has 0 spiro atoms. The van der Waals surface area contributed by atoms with Crippen LogP contribution in [0.5, 0.6) is 0 Å². The zero-order valence-electron chi connectivity index (χ0n) is 23.2. The summed E-state index contributed by atoms with van der Waals surface area (Å²) in [5.41, 5.74) is 2.39. The molecule has 1 aromatic carbocycles. The lowest BCUT2D eigenvalue weighted by Gasteiger charge is -2.26. The maximum absolute atomic E-state index is 15.2. The molecule has 2 aliphatic rings. The summed E-state index contributed by atoms with van der Waals surface area (Å²) in [4.78, 5) is 43.4. The van der Waals surface area contributed by atoms with E-state index in [1.54, 1.807) is 35.5 Å². The number of hydrogen-bond donors (Lipinski definition) is 3. The number of carbonyl (C=O) groups excluding carboxylic acids is 1. The highest BCUT2D eigenvalue weighted by Gasteiger charge is 2.43. The lowest BCUT2D eigenvalue weighted by molar-refractivity contribution is 0.0282. The maximum Gasteiger partial charge on any atom is 0.417 e. The number of aromatic nitrogens is 4. The molecule has 41 heavy (non-hydrogen) atoms. The maximum atomic E-state index is 15.2. The fraction of sp³-hybridized carbons (Fsp3) is 0.393. The van der Waals surface area contributed by atoms with Crippen LogP contribution in [0.3, 0.4) is 0 Å². The van der Waals surface area contributed by atoms with Crippen LogP contribution in [0.25, 0.3) is 11.1 Å². The number of aryl methyl sites for hydroxylation is 1. The van der Waals surface area contributed by atoms with Gasteiger partial charge in [-0.2, -0.15) is 4.98 Å². The van der Waals surface area contributed by atoms with Crippen LogP contribution in [0, 0.1) is 24.6 Å². The SMILES string of the molecule is Cc1cnc(Nc2cnc(N3CC4CN(C(=O)OC(C)(C)C)CC4C3)c(F)c2)nc1Nc1ccc2oc(=O)[nH]c2c1. The first kappa shape index (κ1) is 26.5. The van der Waals surface area contributed by atoms with Crippen LogP contribution in [-0.4, -0.2) is 62.7 Å². The van der Waals surface area contributed by atoms with Crippen molar-refractivity contribution >= 4 is 46.2 Å². The molecule has 5 heterocycles. The summed E-state index contributed by atoms with van der Waals surface area (Å²) in [6.07, 6.45) is 2.90. The molecule has 214 valence electrons. The van der Waals surface area contributed by atoms with Gasteiger partial charge in [-0.05, 0) is 45.9 Å². The van der Waals surface area contributed by atoms with Crippen LogP contribution in [0.2, 0.25) is 0 Å². The number of likely N-dealkylation sites (tertiary alicyclic amines) is 1. The third kappa shape index (κ3) is 5.65. The molecule has 2 unspecified atom stereocenters. The summed E-state index contributed by atoms with van der Waals surface area (Å²) >= 11 is 0. The van der Waals surface area contributed by atoms with Gasteiger partial charge in [-0.1, -0.05) is 0 Å². The Bertz CT molecular complexity index is 1670. The topological polar surface area (TPSA) is 142 Å². The van der Waals surface area contributed by atoms with Gasteiger partial charge in [0.2, 0.25) is 5.95 Å². The van der Waals surface area contributed by atoms with Gasteiger partial charge in [-0.3, -0.25) is 4.98 Å². The summed E-state index contributed by atoms with van der Waals surface area (Å²) in [5.74, 6) is 0.599. The smallest absolute Gasteiger partial charge is 0.417 e. The number of nitrogens with one attached hydrogen (secondary N) is 3. The molecule has 2 aliphatic heterocycles. The van der Waals surface area contributed by atoms with Crippen molar-refractivity contribution in [3.05, 3.63) is 58.6 Å². The molecule has 0 bridgehead atoms. The van der Waals surface area contributed by atoms with E-state index in [-0.39, 0.29) is 29.7 Å². The number of rotatable bonds is 5. The van der Waals surface area contributed by atoms with Crippen molar-refractivity contribution in [1.29, 1.82) is 0 Å². The van der Waals surface area contributed by atoms with E-state index in [2.05, 4.69) is 30.6 Å². The number of fused-ring (bicyclic) bond motifs is 2. The van der Waals surface area contributed by atoms with Crippen LogP contribution in [0.15, 0.2) is 45.9 Å². The summed E-state index contributed by atoms with van der Waals surface area (Å²) in [6, 6.07) is 6.58. The minimum absolute atomic E-state index is 0.239. The number of hydrogen-bond acceptors (Lipinski definition) is 10. The number of anilines is 5. The molecule has 6 rings (SSSR count). The molecule has 3 N–H and O–H groups in total. The van der Waals surface area contributed by atoms with E-state index in [1.165, 1.54) is 6.07 Å². The fourth-order valence-corrected chi connectivity index (χ4v) is 5.30. The lowest BCUT2D eigenvalue weighted by atomic mass is 10.0. The Balaban J connectivity index is 1.10. The lowest BCUT2D eigenvalue weighted by Crippen LogP contribution is -2.37. The van der Waals surface area contributed by atoms with Gasteiger partial charge in [0.25, 0.3) is 0 Å². The molecule has 1 amide bonds. The molecule has 12 nitrogen and oxygen atoms in total. The molecule has 3 aromatic heterocycles. The number of aromatic amines is 1. The standard InChI is InChI=1S/C28H31FN8O4/c1-15-9-31-25(35-23(15)32-18-5-6-22-21(8-18)34-26(38)40-22)33-19-7-20(29)24(30-10-19)36-11-16-13-37(14-17(16)12-36)27(39)41-28(2,3)4/h5-10,16-17H,11-14H2,1-4H3,(H,34,38)(H2,31,32,33,35). The third-order valence-electron chi connectivity index (χ3n) is 7.17. The Morgan fingerprint density at radius 3 is 2.54 bits per heavy atom. The van der Waals surface area contributed by atoms with E-state index in [4.69, 9.17) is 9.15 Å². The quantitative estimate of drug-likeness (QED) is 0.317. The van der Waals surface area contributed by atoms with Crippen molar-refractivity contribution in [1.82, 2.24) is 24.8 Å². The predicted molar refractivity (Wildman–Crippen MR) is 151 cm³/mol. The van der Waals surface area contributed by atoms with Gasteiger partial charge < -0.3 is 29.6 Å². The van der Waals surface area contributed by atoms with E-state index < -0.39 is 17.2 Å². The van der Waals surface area contributed by atoms with Gasteiger partial charge in [0.15, 0.2) is 17.2 Å². The summed E-state index contributed by atoms with van der Waals surface area (Å²) in [6.45, 7) is 9.84. The minimum atomic E-state index is -0.538. The Labute approximate surface area is 234 Å². The van der Waals surface area contributed by atoms with Gasteiger partial charge >= 0.3 is 11.8 Å². The Kier molecular flexibility index (Phi) is 6.51. The van der Waals surface area contributed by atoms with E-state index in [0.29, 0.717) is 54.5 Å². The molecule has 0 aliphatic carbocycles. The number of halogens is 1. The van der Waals surface area contributed by atoms with E-state index >= 15 is 4.39 Å². The van der Waals surface area contributed by atoms with Crippen LogP contribution in [0.1, 0.15) is 26.3 Å². The third-order valence-corrected chi connectivity index (χ3v) is 7.17. The Morgan fingerprint density at radius 1 is 1.07 bits per heavy atom. The molecule has 0 saturated carbocycles. The summed E-state index contributed by atoms with van der Waals surface area (Å²) < 4.78 is 25.8. The van der Waals surface area contributed by atoms with Crippen molar-refractivity contribution < 1.29 is 18.3 Å². The van der Waals surface area contributed by atoms with Crippen LogP contribution in [-0.2, 0) is 4.74 Å². The van der Waals surface area contributed by atoms with E-state index in [0.717, 1.165) is 5.56 Å². The highest BCUT2D eigenvalue weighted by molar-refractivity contribution is 5.78. The van der Waals surface area contributed by atoms with Gasteiger partial charge in [0.05, 0.1) is 17.4 Å². The number of oxazole rings is 1. The number of H-pyrrole nitrogens is 1. The second-order valence-electron chi connectivity index (χ2n) is 11.5. The van der Waals surface area contributed by atoms with Crippen molar-refractivity contribution in [3.63, 3.8) is 0 Å². The van der Waals surface area contributed by atoms with Gasteiger partial charge in [-0.15, -0.1) is 0 Å². The average Bonchev–Trinajstić information content (AvgIpc) is 3.57. The molecule has 2 fully saturated rings. The predicted octanol–water partition coefficient (Wildman–Crippen LogP) is 4.54. The minimum Gasteiger partial charge on any atom is -0.444 e. The molecular formula is C28H31FN8O4. The fourth-order valence-electron chi connectivity index (χ4n) is 5.30. The number of nitrogens with zero attached hydrogens (tertiary/aromatic N) is 5. The van der Waals surface area contributed by atoms with Crippen LogP contribution >= 0.6 is 0 Å². The van der Waals surface area contributed by atoms with E-state index in [9.17, 15) is 9.59 Å². The Hall–Kier alpha value is -4.68. The monoisotopic (exact) mass is 562 g/mol. The van der Waals surface area contributed by atoms with Gasteiger partial charge in [0.1, 0.15) is 11.4 Å². The zero-order chi connectivity index (χ0) is 28.9. The van der Waals surface area contributed by atoms with Crippen molar-refractivity contribution in [2.45, 2.75) is 33.3 Å². The van der Waals surface area contributed by atoms with Gasteiger partial charge in [0, 0.05) is 61.5 Å². The first-order valence-electron chi connectivity index (χ1n) is 13.4. The molecule has 2 saturated heterocycles. The van der Waals surface area contributed by atoms with Crippen molar-refractivity contribution in [2.24, 2.45) is 11.8 Å². The Morgan fingerprint density at radius 2 is 1.83 bits per heavy atom. The van der Waals surface area contributed by atoms with Gasteiger partial charge in [-0.25, -0.2) is 23.9 Å². The molecule has 4 aromatic rings. The van der Waals surface area contributed by atoms with Crippen LogP contribution < -0.4 is 21.3 Å². The molecule has 13 heteroatoms. The van der Waals surface area contributed by atoms with Crippen molar-refractivity contribution in [3.8, 4) is 0 Å². The number of ether oxygens (including phenoxy) is 1. The van der Waals surface area contributed by atoms with E-state index in [1.807, 2.05) is 32.6 Å². The first-order chi connectivity index (χ1) is 19.5. The number of pyridine rings is 1. The zero-order valence-corrected chi connectivity index (χ0v) is 23.2. The molecule has 0 radical (unpaired) electrons. The van der Waals surface area contributed by atoms with Crippen molar-refractivity contribution in [2.75, 3.05) is 41.7 Å². The largest absolute Gasteiger partial charge is 0.444 e. The highest BCUT2D eigenvalue weighted by atomic mass is 19.1. The highest BCUT2D eigenvalue weighted by Crippen LogP contribution is 2.35. The first-order valence-corrected chi connectivity index (χ1v) is 13.4. The second-order valence-corrected chi connectivity index (χ2v) is 11.5.